The summed E-state index contributed by atoms with van der Waals surface area (Å²) < 4.78 is 60.3. The molecule has 1 fully saturated rings. The second kappa shape index (κ2) is 6.54. The fourth-order valence-electron chi connectivity index (χ4n) is 3.42. The highest BCUT2D eigenvalue weighted by atomic mass is 19.4. The number of carbonyl (C=O) groups excluding carboxylic acids is 1. The first-order valence-corrected chi connectivity index (χ1v) is 8.66. The van der Waals surface area contributed by atoms with Crippen LogP contribution in [0.4, 0.5) is 17.6 Å². The molecule has 144 valence electrons. The van der Waals surface area contributed by atoms with Gasteiger partial charge in [0.15, 0.2) is 0 Å². The highest BCUT2D eigenvalue weighted by Gasteiger charge is 2.54. The van der Waals surface area contributed by atoms with E-state index in [9.17, 15) is 22.4 Å². The lowest BCUT2D eigenvalue weighted by atomic mass is 10.1. The van der Waals surface area contributed by atoms with Crippen LogP contribution in [-0.4, -0.2) is 39.4 Å². The van der Waals surface area contributed by atoms with Crippen molar-refractivity contribution < 1.29 is 27.1 Å². The van der Waals surface area contributed by atoms with E-state index >= 15 is 0 Å². The number of alkyl halides is 3. The van der Waals surface area contributed by atoms with Crippen LogP contribution in [0.1, 0.15) is 29.0 Å². The van der Waals surface area contributed by atoms with Crippen LogP contribution in [0.5, 0.6) is 5.75 Å². The highest BCUT2D eigenvalue weighted by molar-refractivity contribution is 5.93. The first kappa shape index (κ1) is 17.8. The number of benzene rings is 1. The van der Waals surface area contributed by atoms with Gasteiger partial charge in [0.2, 0.25) is 0 Å². The van der Waals surface area contributed by atoms with Crippen molar-refractivity contribution in [3.8, 4) is 5.75 Å². The van der Waals surface area contributed by atoms with Crippen molar-refractivity contribution in [3.05, 3.63) is 47.5 Å². The lowest BCUT2D eigenvalue weighted by Gasteiger charge is -2.35. The molecule has 1 aliphatic carbocycles. The predicted molar refractivity (Wildman–Crippen MR) is 86.6 cm³/mol. The molecule has 1 aromatic heterocycles. The fraction of sp³-hybridized carbons (Fsp3) is 0.444. The van der Waals surface area contributed by atoms with Crippen LogP contribution in [0.2, 0.25) is 0 Å². The van der Waals surface area contributed by atoms with Crippen LogP contribution >= 0.6 is 0 Å². The van der Waals surface area contributed by atoms with Gasteiger partial charge in [-0.1, -0.05) is 6.07 Å². The van der Waals surface area contributed by atoms with E-state index in [-0.39, 0.29) is 25.4 Å². The lowest BCUT2D eigenvalue weighted by molar-refractivity contribution is -0.183. The molecule has 1 amide bonds. The number of fused-ring (bicyclic) bond motifs is 1. The predicted octanol–water partition coefficient (Wildman–Crippen LogP) is 3.40. The van der Waals surface area contributed by atoms with Crippen LogP contribution in [0.15, 0.2) is 30.3 Å². The summed E-state index contributed by atoms with van der Waals surface area (Å²) in [4.78, 5) is 13.6. The lowest BCUT2D eigenvalue weighted by Crippen LogP contribution is -2.53. The monoisotopic (exact) mass is 383 g/mol. The standard InChI is InChI=1S/C18H17F4N3O2/c19-12-2-1-3-14(8-12)27-10-13-9-15-17(26)24(6-7-25(15)23-13)16(11-4-5-11)18(20,21)22/h1-3,8-9,11,16H,4-7,10H2. The summed E-state index contributed by atoms with van der Waals surface area (Å²) in [5.74, 6) is -1.32. The Morgan fingerprint density at radius 2 is 2.00 bits per heavy atom. The molecule has 0 N–H and O–H groups in total. The highest BCUT2D eigenvalue weighted by Crippen LogP contribution is 2.44. The first-order chi connectivity index (χ1) is 12.8. The SMILES string of the molecule is O=C1c2cc(COc3cccc(F)c3)nn2CCN1C(C1CC1)C(F)(F)F. The van der Waals surface area contributed by atoms with Crippen LogP contribution in [0, 0.1) is 11.7 Å². The molecule has 1 saturated carbocycles. The van der Waals surface area contributed by atoms with E-state index in [1.54, 1.807) is 6.07 Å². The van der Waals surface area contributed by atoms with Gasteiger partial charge in [-0.25, -0.2) is 4.39 Å². The maximum Gasteiger partial charge on any atom is 0.409 e. The molecule has 9 heteroatoms. The third kappa shape index (κ3) is 3.63. The number of rotatable bonds is 5. The number of amides is 1. The number of nitrogens with zero attached hydrogens (tertiary/aromatic N) is 3. The van der Waals surface area contributed by atoms with Gasteiger partial charge < -0.3 is 9.64 Å². The zero-order chi connectivity index (χ0) is 19.2. The Bertz CT molecular complexity index is 861. The largest absolute Gasteiger partial charge is 0.487 e. The Morgan fingerprint density at radius 3 is 2.67 bits per heavy atom. The van der Waals surface area contributed by atoms with E-state index in [1.807, 2.05) is 0 Å². The third-order valence-corrected chi connectivity index (χ3v) is 4.79. The number of hydrogen-bond donors (Lipinski definition) is 0. The van der Waals surface area contributed by atoms with E-state index in [1.165, 1.54) is 28.9 Å². The van der Waals surface area contributed by atoms with Crippen molar-refractivity contribution in [2.75, 3.05) is 6.54 Å². The second-order valence-corrected chi connectivity index (χ2v) is 6.81. The Morgan fingerprint density at radius 1 is 1.22 bits per heavy atom. The van der Waals surface area contributed by atoms with Crippen LogP contribution in [0.3, 0.4) is 0 Å². The van der Waals surface area contributed by atoms with Crippen molar-refractivity contribution >= 4 is 5.91 Å². The molecule has 2 aliphatic rings. The van der Waals surface area contributed by atoms with Gasteiger partial charge in [-0.3, -0.25) is 9.48 Å². The first-order valence-electron chi connectivity index (χ1n) is 8.66. The summed E-state index contributed by atoms with van der Waals surface area (Å²) >= 11 is 0. The summed E-state index contributed by atoms with van der Waals surface area (Å²) in [6.45, 7) is 0.154. The summed E-state index contributed by atoms with van der Waals surface area (Å²) in [6, 6.07) is 5.28. The van der Waals surface area contributed by atoms with E-state index < -0.39 is 29.9 Å². The Labute approximate surface area is 152 Å². The van der Waals surface area contributed by atoms with E-state index in [4.69, 9.17) is 4.74 Å². The van der Waals surface area contributed by atoms with Crippen molar-refractivity contribution in [2.24, 2.45) is 5.92 Å². The zero-order valence-corrected chi connectivity index (χ0v) is 14.2. The minimum absolute atomic E-state index is 0.0118. The molecule has 4 rings (SSSR count). The fourth-order valence-corrected chi connectivity index (χ4v) is 3.42. The number of ether oxygens (including phenoxy) is 1. The summed E-state index contributed by atoms with van der Waals surface area (Å²) in [5, 5.41) is 4.22. The van der Waals surface area contributed by atoms with Crippen LogP contribution in [-0.2, 0) is 13.2 Å². The maximum atomic E-state index is 13.4. The van der Waals surface area contributed by atoms with Crippen LogP contribution in [0.25, 0.3) is 0 Å². The Balaban J connectivity index is 1.50. The van der Waals surface area contributed by atoms with Gasteiger partial charge >= 0.3 is 6.18 Å². The minimum atomic E-state index is -4.44. The summed E-state index contributed by atoms with van der Waals surface area (Å²) in [5.41, 5.74) is 0.522. The maximum absolute atomic E-state index is 13.4. The van der Waals surface area contributed by atoms with Gasteiger partial charge in [0, 0.05) is 12.6 Å². The van der Waals surface area contributed by atoms with E-state index in [0.29, 0.717) is 24.3 Å². The van der Waals surface area contributed by atoms with Crippen molar-refractivity contribution in [1.29, 1.82) is 0 Å². The van der Waals surface area contributed by atoms with Gasteiger partial charge in [-0.2, -0.15) is 18.3 Å². The number of halogens is 4. The molecule has 2 aromatic rings. The molecular formula is C18H17F4N3O2. The average Bonchev–Trinajstić information content (AvgIpc) is 3.32. The number of hydrogen-bond acceptors (Lipinski definition) is 3. The van der Waals surface area contributed by atoms with Crippen molar-refractivity contribution in [1.82, 2.24) is 14.7 Å². The molecule has 1 atom stereocenters. The quantitative estimate of drug-likeness (QED) is 0.744. The van der Waals surface area contributed by atoms with Crippen molar-refractivity contribution in [3.63, 3.8) is 0 Å². The van der Waals surface area contributed by atoms with Crippen molar-refractivity contribution in [2.45, 2.75) is 38.2 Å². The molecule has 5 nitrogen and oxygen atoms in total. The Hall–Kier alpha value is -2.58. The topological polar surface area (TPSA) is 47.4 Å². The van der Waals surface area contributed by atoms with Gasteiger partial charge in [-0.05, 0) is 37.0 Å². The minimum Gasteiger partial charge on any atom is -0.487 e. The molecule has 27 heavy (non-hydrogen) atoms. The summed E-state index contributed by atoms with van der Waals surface area (Å²) in [6.07, 6.45) is -3.47. The van der Waals surface area contributed by atoms with E-state index in [2.05, 4.69) is 5.10 Å². The molecule has 0 spiro atoms. The third-order valence-electron chi connectivity index (χ3n) is 4.79. The van der Waals surface area contributed by atoms with Gasteiger partial charge in [0.05, 0.1) is 6.54 Å². The zero-order valence-electron chi connectivity index (χ0n) is 14.2. The van der Waals surface area contributed by atoms with Gasteiger partial charge in [0.1, 0.15) is 35.6 Å². The van der Waals surface area contributed by atoms with Crippen LogP contribution < -0.4 is 4.74 Å². The molecule has 2 heterocycles. The smallest absolute Gasteiger partial charge is 0.409 e. The Kier molecular flexibility index (Phi) is 4.32. The molecule has 1 unspecified atom stereocenters. The molecule has 1 aliphatic heterocycles. The summed E-state index contributed by atoms with van der Waals surface area (Å²) in [7, 11) is 0. The van der Waals surface area contributed by atoms with Gasteiger partial charge in [0.25, 0.3) is 5.91 Å². The normalized spacial score (nSPS) is 18.4. The molecule has 0 bridgehead atoms. The van der Waals surface area contributed by atoms with E-state index in [0.717, 1.165) is 4.90 Å². The second-order valence-electron chi connectivity index (χ2n) is 6.81. The molecular weight excluding hydrogens is 366 g/mol. The average molecular weight is 383 g/mol. The molecule has 1 aromatic carbocycles. The number of aromatic nitrogens is 2. The van der Waals surface area contributed by atoms with Gasteiger partial charge in [-0.15, -0.1) is 0 Å². The number of carbonyl (C=O) groups is 1. The molecule has 0 radical (unpaired) electrons. The molecule has 0 saturated heterocycles.